The number of rotatable bonds is 25. The Morgan fingerprint density at radius 3 is 1.44 bits per heavy atom. The quantitative estimate of drug-likeness (QED) is 0.00819. The molecule has 6 amide bonds. The van der Waals surface area contributed by atoms with Gasteiger partial charge < -0.3 is 88.8 Å². The molecule has 124 heavy (non-hydrogen) atoms. The summed E-state index contributed by atoms with van der Waals surface area (Å²) in [5.41, 5.74) is -3.56. The average molecular weight is 2040 g/mol. The SMILES string of the molecule is C=C[C@@H]1C[C@]1(NC(=O)C1C[C@H](OS(=O)(=O)c2ccc(Br)cc2)CN1C(=O)[C@@H](NC(=O)OC1CCCC1)C(C)(C)C)C(=O)OC.C=C[C@@H]1C[C@]1(NC(=O)C1C[C@H](Oc2cc(C(=O)OC)nc3c(Br)c(OC)ccc23)CN1C(=O)[C@@H](NC(=O)OC1CCCC1)C(C)(C)C)C(=O)OC.COC(=O)c1cc(=O)c2ccc(OC)c(Br)c2[nH]1.O=CO[O-].[B]B([B])B([B])[B].[Cs+]. The topological polar surface area (TPSA) is 447 Å². The van der Waals surface area contributed by atoms with Gasteiger partial charge >= 0.3 is 105 Å². The van der Waals surface area contributed by atoms with Crippen molar-refractivity contribution in [2.75, 3.05) is 55.7 Å². The Balaban J connectivity index is 0.000000293. The fraction of sp³-hybridized carbons (Fsp3) is 0.506. The van der Waals surface area contributed by atoms with Crippen molar-refractivity contribution in [1.29, 1.82) is 0 Å². The molecular weight excluding hydrogens is 1950 g/mol. The zero-order chi connectivity index (χ0) is 91.6. The molecule has 0 spiro atoms. The number of H-pyrrole nitrogens is 1. The fourth-order valence-electron chi connectivity index (χ4n) is 14.3. The molecule has 4 aliphatic carbocycles. The molecule has 4 saturated carbocycles. The Morgan fingerprint density at radius 1 is 0.613 bits per heavy atom. The largest absolute Gasteiger partial charge is 1.00 e. The maximum atomic E-state index is 14.5. The molecule has 34 nitrogen and oxygen atoms in total. The number of amides is 6. The molecule has 2 unspecified atom stereocenters. The Bertz CT molecular complexity index is 4900. The maximum absolute atomic E-state index is 14.5. The molecule has 2 aromatic heterocycles. The number of ether oxygens (including phenoxy) is 9. The van der Waals surface area contributed by atoms with Gasteiger partial charge in [0, 0.05) is 102 Å². The maximum Gasteiger partial charge on any atom is 1.00 e. The van der Waals surface area contributed by atoms with Gasteiger partial charge in [0.25, 0.3) is 16.6 Å². The predicted octanol–water partition coefficient (Wildman–Crippen LogP) is 3.14. The standard InChI is InChI=1S/C36H45BrN4O10.C30H40BrN3O9S.C12H10BrNO4.CH2O3.B6.Cs/c1-8-19-17-36(19,33(45)49-7)40-30(42)24-15-21(18-41(24)31(43)29(35(2,3)4)39-34(46)51-20-11-9-10-12-20)50-26-16-23(32(44)48-6)38-28-22(26)13-14-25(47-5)27(28)37;1-6-18-16-30(18,27(37)41-5)33-25(35)23-15-21(43-44(39,40)22-13-11-19(31)12-14-22)17-34(23)26(36)24(29(2,3)4)32-28(38)42-20-9-7-8-10-20;1-17-9-4-3-6-8(15)5-7(12(16)18-2)14-11(6)10(9)13;2-1-4-3;1-5(2)6(3)4;/h8,13-14,16,19-21,24,29H,1,9-12,15,17-18H2,2-7H3,(H,39,46)(H,40,42);6,11-14,18,20-21,23-24H,1,7-10,15-17H2,2-5H3,(H,32,38)(H,33,35);3-5H,1-2H3,(H,14,15);1,3H;;/q;;;;;+1/p-1/t19-,21+,24?,29-,36-;18-,21+,23?,24-,30-;;;;/m11..../s1. The van der Waals surface area contributed by atoms with Crippen LogP contribution in [0.5, 0.6) is 17.2 Å². The molecule has 4 heterocycles. The number of fused-ring (bicyclic) bond motifs is 2. The van der Waals surface area contributed by atoms with E-state index < -0.39 is 141 Å². The molecule has 8 radical (unpaired) electrons. The van der Waals surface area contributed by atoms with Crippen LogP contribution in [-0.2, 0) is 81.2 Å². The van der Waals surface area contributed by atoms with E-state index in [1.165, 1.54) is 76.7 Å². The number of hydrogen-bond donors (Lipinski definition) is 5. The van der Waals surface area contributed by atoms with E-state index >= 15 is 0 Å². The van der Waals surface area contributed by atoms with Gasteiger partial charge in [-0.1, -0.05) is 69.6 Å². The van der Waals surface area contributed by atoms with Gasteiger partial charge in [-0.2, -0.15) is 8.42 Å². The smallest absolute Gasteiger partial charge is 0.662 e. The van der Waals surface area contributed by atoms with Crippen LogP contribution in [0.4, 0.5) is 9.59 Å². The first-order valence-corrected chi connectivity index (χ1v) is 42.7. The van der Waals surface area contributed by atoms with Crippen molar-refractivity contribution >= 4 is 190 Å². The minimum absolute atomic E-state index is 0. The number of benzene rings is 3. The first kappa shape index (κ1) is 105. The van der Waals surface area contributed by atoms with Gasteiger partial charge in [-0.15, -0.1) is 13.2 Å². The first-order valence-electron chi connectivity index (χ1n) is 38.9. The number of hydrogen-bond acceptors (Lipinski definition) is 27. The van der Waals surface area contributed by atoms with Crippen LogP contribution < -0.4 is 115 Å². The second kappa shape index (κ2) is 46.6. The summed E-state index contributed by atoms with van der Waals surface area (Å²) in [6.07, 6.45) is 5.43. The van der Waals surface area contributed by atoms with Crippen molar-refractivity contribution in [3.05, 3.63) is 121 Å². The molecule has 654 valence electrons. The summed E-state index contributed by atoms with van der Waals surface area (Å²) in [5, 5.41) is 20.5. The van der Waals surface area contributed by atoms with Crippen molar-refractivity contribution in [2.24, 2.45) is 22.7 Å². The number of methoxy groups -OCH3 is 6. The first-order chi connectivity index (χ1) is 57.9. The van der Waals surface area contributed by atoms with Gasteiger partial charge in [0.15, 0.2) is 11.1 Å². The van der Waals surface area contributed by atoms with Gasteiger partial charge in [0.2, 0.25) is 23.6 Å². The minimum Gasteiger partial charge on any atom is -0.662 e. The summed E-state index contributed by atoms with van der Waals surface area (Å²) in [6, 6.07) is 10.8. The third-order valence-corrected chi connectivity index (χ3v) is 24.6. The molecule has 10 atom stereocenters. The van der Waals surface area contributed by atoms with Crippen molar-refractivity contribution in [3.63, 3.8) is 0 Å². The van der Waals surface area contributed by atoms with Gasteiger partial charge in [-0.25, -0.2) is 33.8 Å². The molecule has 5 aromatic rings. The fourth-order valence-corrected chi connectivity index (χ4v) is 16.8. The van der Waals surface area contributed by atoms with Gasteiger partial charge in [0.05, 0.1) is 80.2 Å². The molecule has 45 heteroatoms. The second-order valence-electron chi connectivity index (χ2n) is 31.7. The number of alkyl carbamates (subject to hydrolysis) is 2. The predicted molar refractivity (Wildman–Crippen MR) is 463 cm³/mol. The summed E-state index contributed by atoms with van der Waals surface area (Å²) in [4.78, 5) is 165. The van der Waals surface area contributed by atoms with Crippen LogP contribution in [0.15, 0.2) is 109 Å². The summed E-state index contributed by atoms with van der Waals surface area (Å²) in [7, 11) is 23.6. The van der Waals surface area contributed by atoms with Crippen LogP contribution in [0, 0.1) is 22.7 Å². The molecule has 0 bridgehead atoms. The molecule has 3 aromatic carbocycles. The van der Waals surface area contributed by atoms with Crippen molar-refractivity contribution < 1.29 is 187 Å². The second-order valence-corrected chi connectivity index (χ2v) is 35.8. The molecule has 6 fully saturated rings. The molecular formula is C79H96B6Br3CsN8O26S. The number of halogens is 3. The van der Waals surface area contributed by atoms with E-state index in [1.807, 2.05) is 0 Å². The van der Waals surface area contributed by atoms with E-state index in [2.05, 4.69) is 102 Å². The number of aromatic nitrogens is 2. The van der Waals surface area contributed by atoms with Crippen molar-refractivity contribution in [3.8, 4) is 17.2 Å². The summed E-state index contributed by atoms with van der Waals surface area (Å²) in [6.45, 7) is 17.7. The van der Waals surface area contributed by atoms with Gasteiger partial charge in [0.1, 0.15) is 76.5 Å². The number of carbonyl (C=O) groups excluding carboxylic acids is 11. The van der Waals surface area contributed by atoms with Gasteiger partial charge in [-0.3, -0.25) is 33.0 Å². The van der Waals surface area contributed by atoms with Crippen LogP contribution in [0.25, 0.3) is 21.8 Å². The monoisotopic (exact) mass is 2040 g/mol. The number of carbonyl (C=O) groups is 11. The van der Waals surface area contributed by atoms with E-state index in [0.717, 1.165) is 51.4 Å². The third kappa shape index (κ3) is 26.9. The normalized spacial score (nSPS) is 21.0. The van der Waals surface area contributed by atoms with E-state index in [4.69, 9.17) is 83.1 Å². The number of nitrogens with zero attached hydrogens (tertiary/aromatic N) is 3. The van der Waals surface area contributed by atoms with E-state index in [9.17, 15) is 61.2 Å². The molecule has 5 N–H and O–H groups in total. The van der Waals surface area contributed by atoms with Crippen LogP contribution in [0.2, 0.25) is 0 Å². The van der Waals surface area contributed by atoms with Crippen molar-refractivity contribution in [1.82, 2.24) is 41.0 Å². The average Bonchev–Trinajstić information content (AvgIpc) is 1.58. The molecule has 2 aliphatic heterocycles. The zero-order valence-electron chi connectivity index (χ0n) is 71.1. The van der Waals surface area contributed by atoms with Crippen LogP contribution in [-0.4, -0.2) is 253 Å². The Labute approximate surface area is 809 Å². The molecule has 6 aliphatic rings. The number of esters is 4. The number of pyridine rings is 2. The number of likely N-dealkylation sites (tertiary alicyclic amines) is 2. The summed E-state index contributed by atoms with van der Waals surface area (Å²) < 4.78 is 81.2. The van der Waals surface area contributed by atoms with Crippen LogP contribution >= 0.6 is 47.8 Å². The van der Waals surface area contributed by atoms with Gasteiger partial charge in [-0.05, 0) is 155 Å². The third-order valence-electron chi connectivity index (χ3n) is 21.1. The minimum atomic E-state index is -4.26. The van der Waals surface area contributed by atoms with E-state index in [-0.39, 0.29) is 159 Å². The summed E-state index contributed by atoms with van der Waals surface area (Å²) in [5.74, 6) is -4.39. The Morgan fingerprint density at radius 2 is 1.04 bits per heavy atom. The van der Waals surface area contributed by atoms with Crippen molar-refractivity contribution in [2.45, 2.75) is 183 Å². The zero-order valence-corrected chi connectivity index (χ0v) is 82.9. The number of nitrogens with one attached hydrogen (secondary N) is 5. The molecule has 11 rings (SSSR count). The van der Waals surface area contributed by atoms with E-state index in [1.54, 1.807) is 90.1 Å². The molecule has 2 saturated heterocycles. The Hall–Kier alpha value is -7.32. The number of aromatic amines is 1. The Kier molecular flexibility index (Phi) is 39.6. The van der Waals surface area contributed by atoms with Crippen LogP contribution in [0.1, 0.15) is 140 Å². The van der Waals surface area contributed by atoms with E-state index in [0.29, 0.717) is 53.1 Å². The summed E-state index contributed by atoms with van der Waals surface area (Å²) >= 11 is 10.1. The van der Waals surface area contributed by atoms with Crippen LogP contribution in [0.3, 0.4) is 0 Å².